The largest absolute Gasteiger partial charge is 0.338 e. The number of urea groups is 1. The topological polar surface area (TPSA) is 53.4 Å². The Kier molecular flexibility index (Phi) is 6.00. The number of amides is 2. The Morgan fingerprint density at radius 3 is 3.14 bits per heavy atom. The Hall–Kier alpha value is -1.82. The highest BCUT2D eigenvalue weighted by molar-refractivity contribution is 5.73. The molecule has 0 radical (unpaired) electrons. The molecule has 1 aliphatic rings. The molecule has 1 aromatic rings. The van der Waals surface area contributed by atoms with E-state index >= 15 is 0 Å². The number of likely N-dealkylation sites (N-methyl/N-ethyl adjacent to an activating group) is 1. The molecule has 1 aromatic heterocycles. The summed E-state index contributed by atoms with van der Waals surface area (Å²) in [7, 11) is 1.83. The molecule has 2 heterocycles. The van der Waals surface area contributed by atoms with Gasteiger partial charge in [0, 0.05) is 52.2 Å². The molecule has 1 N–H and O–H groups in total. The van der Waals surface area contributed by atoms with E-state index in [9.17, 15) is 4.79 Å². The van der Waals surface area contributed by atoms with Gasteiger partial charge in [0.15, 0.2) is 0 Å². The minimum absolute atomic E-state index is 0.0000564. The molecule has 1 aliphatic heterocycles. The first kappa shape index (κ1) is 16.5. The van der Waals surface area contributed by atoms with E-state index in [0.717, 1.165) is 45.0 Å². The van der Waals surface area contributed by atoms with Crippen LogP contribution in [0.2, 0.25) is 0 Å². The van der Waals surface area contributed by atoms with Crippen LogP contribution in [0.1, 0.15) is 12.2 Å². The average molecular weight is 305 g/mol. The van der Waals surface area contributed by atoms with E-state index in [1.54, 1.807) is 11.1 Å². The van der Waals surface area contributed by atoms with Gasteiger partial charge in [0.05, 0.1) is 0 Å². The summed E-state index contributed by atoms with van der Waals surface area (Å²) < 4.78 is 2.05. The Morgan fingerprint density at radius 1 is 1.64 bits per heavy atom. The number of imidazole rings is 1. The third kappa shape index (κ3) is 4.59. The van der Waals surface area contributed by atoms with Crippen molar-refractivity contribution in [3.05, 3.63) is 30.9 Å². The summed E-state index contributed by atoms with van der Waals surface area (Å²) in [5, 5.41) is 3.04. The Morgan fingerprint density at radius 2 is 2.45 bits per heavy atom. The number of hydrogen-bond acceptors (Lipinski definition) is 3. The van der Waals surface area contributed by atoms with Crippen LogP contribution in [0.5, 0.6) is 0 Å². The molecule has 22 heavy (non-hydrogen) atoms. The standard InChI is InChI=1S/C16H27N5O/c1-4-7-20-8-5-15(13-20)12-18-16(22)19(3)10-11-21-9-6-17-14(21)2/h4,6,9,15H,1,5,7-8,10-13H2,2-3H3,(H,18,22)/t15-/m0/s1. The van der Waals surface area contributed by atoms with Gasteiger partial charge in [-0.3, -0.25) is 4.90 Å². The molecule has 6 heteroatoms. The van der Waals surface area contributed by atoms with Gasteiger partial charge in [-0.25, -0.2) is 9.78 Å². The fraction of sp³-hybridized carbons (Fsp3) is 0.625. The van der Waals surface area contributed by atoms with Gasteiger partial charge < -0.3 is 14.8 Å². The number of nitrogens with zero attached hydrogens (tertiary/aromatic N) is 4. The molecule has 2 amide bonds. The monoisotopic (exact) mass is 305 g/mol. The van der Waals surface area contributed by atoms with Crippen LogP contribution in [-0.2, 0) is 6.54 Å². The van der Waals surface area contributed by atoms with E-state index in [0.29, 0.717) is 12.5 Å². The number of likely N-dealkylation sites (tertiary alicyclic amines) is 1. The van der Waals surface area contributed by atoms with Gasteiger partial charge in [-0.2, -0.15) is 0 Å². The summed E-state index contributed by atoms with van der Waals surface area (Å²) >= 11 is 0. The Bertz CT molecular complexity index is 498. The summed E-state index contributed by atoms with van der Waals surface area (Å²) in [5.74, 6) is 1.52. The third-order valence-corrected chi connectivity index (χ3v) is 4.25. The molecule has 2 rings (SSSR count). The summed E-state index contributed by atoms with van der Waals surface area (Å²) in [6, 6.07) is -0.0000564. The van der Waals surface area contributed by atoms with Crippen molar-refractivity contribution < 1.29 is 4.79 Å². The molecular weight excluding hydrogens is 278 g/mol. The highest BCUT2D eigenvalue weighted by atomic mass is 16.2. The van der Waals surface area contributed by atoms with Crippen molar-refractivity contribution in [2.75, 3.05) is 39.8 Å². The number of nitrogens with one attached hydrogen (secondary N) is 1. The Labute approximate surface area is 132 Å². The number of hydrogen-bond donors (Lipinski definition) is 1. The van der Waals surface area contributed by atoms with Crippen molar-refractivity contribution in [1.82, 2.24) is 24.7 Å². The van der Waals surface area contributed by atoms with Crippen LogP contribution in [0.4, 0.5) is 4.79 Å². The van der Waals surface area contributed by atoms with Crippen LogP contribution in [-0.4, -0.2) is 65.2 Å². The molecule has 0 spiro atoms. The highest BCUT2D eigenvalue weighted by Crippen LogP contribution is 2.14. The van der Waals surface area contributed by atoms with E-state index in [4.69, 9.17) is 0 Å². The molecule has 6 nitrogen and oxygen atoms in total. The van der Waals surface area contributed by atoms with Crippen molar-refractivity contribution in [3.63, 3.8) is 0 Å². The molecule has 0 aliphatic carbocycles. The van der Waals surface area contributed by atoms with Gasteiger partial charge >= 0.3 is 6.03 Å². The molecule has 0 unspecified atom stereocenters. The highest BCUT2D eigenvalue weighted by Gasteiger charge is 2.22. The van der Waals surface area contributed by atoms with E-state index in [2.05, 4.69) is 21.8 Å². The lowest BCUT2D eigenvalue weighted by Crippen LogP contribution is -2.41. The first-order valence-electron chi connectivity index (χ1n) is 7.90. The molecule has 0 saturated carbocycles. The molecule has 122 valence electrons. The number of carbonyl (C=O) groups excluding carboxylic acids is 1. The van der Waals surface area contributed by atoms with Crippen LogP contribution >= 0.6 is 0 Å². The van der Waals surface area contributed by atoms with Gasteiger partial charge in [-0.05, 0) is 25.8 Å². The van der Waals surface area contributed by atoms with E-state index < -0.39 is 0 Å². The van der Waals surface area contributed by atoms with Crippen LogP contribution in [0.25, 0.3) is 0 Å². The van der Waals surface area contributed by atoms with E-state index in [1.165, 1.54) is 0 Å². The first-order valence-corrected chi connectivity index (χ1v) is 7.90. The second kappa shape index (κ2) is 7.98. The van der Waals surface area contributed by atoms with Crippen molar-refractivity contribution in [2.45, 2.75) is 19.9 Å². The Balaban J connectivity index is 1.66. The SMILES string of the molecule is C=CCN1CC[C@@H](CNC(=O)N(C)CCn2ccnc2C)C1. The maximum atomic E-state index is 12.1. The predicted octanol–water partition coefficient (Wildman–Crippen LogP) is 1.34. The average Bonchev–Trinajstić information content (AvgIpc) is 3.12. The quantitative estimate of drug-likeness (QED) is 0.774. The number of carbonyl (C=O) groups is 1. The lowest BCUT2D eigenvalue weighted by Gasteiger charge is -2.20. The van der Waals surface area contributed by atoms with Crippen LogP contribution in [0.3, 0.4) is 0 Å². The minimum atomic E-state index is -0.0000564. The number of rotatable bonds is 7. The van der Waals surface area contributed by atoms with E-state index in [-0.39, 0.29) is 6.03 Å². The van der Waals surface area contributed by atoms with Crippen molar-refractivity contribution >= 4 is 6.03 Å². The summed E-state index contributed by atoms with van der Waals surface area (Å²) in [6.45, 7) is 11.0. The minimum Gasteiger partial charge on any atom is -0.338 e. The smallest absolute Gasteiger partial charge is 0.317 e. The number of aromatic nitrogens is 2. The van der Waals surface area contributed by atoms with Crippen molar-refractivity contribution in [2.24, 2.45) is 5.92 Å². The van der Waals surface area contributed by atoms with Gasteiger partial charge in [0.25, 0.3) is 0 Å². The van der Waals surface area contributed by atoms with Crippen molar-refractivity contribution in [1.29, 1.82) is 0 Å². The normalized spacial score (nSPS) is 18.4. The molecule has 0 aromatic carbocycles. The zero-order valence-corrected chi connectivity index (χ0v) is 13.7. The lowest BCUT2D eigenvalue weighted by atomic mass is 10.1. The fourth-order valence-electron chi connectivity index (χ4n) is 2.79. The van der Waals surface area contributed by atoms with Crippen LogP contribution in [0, 0.1) is 12.8 Å². The van der Waals surface area contributed by atoms with Gasteiger partial charge in [0.1, 0.15) is 5.82 Å². The fourth-order valence-corrected chi connectivity index (χ4v) is 2.79. The van der Waals surface area contributed by atoms with E-state index in [1.807, 2.05) is 30.8 Å². The van der Waals surface area contributed by atoms with Gasteiger partial charge in [-0.15, -0.1) is 6.58 Å². The predicted molar refractivity (Wildman–Crippen MR) is 87.7 cm³/mol. The van der Waals surface area contributed by atoms with Crippen LogP contribution in [0.15, 0.2) is 25.0 Å². The zero-order chi connectivity index (χ0) is 15.9. The molecule has 1 fully saturated rings. The summed E-state index contributed by atoms with van der Waals surface area (Å²) in [4.78, 5) is 20.4. The maximum Gasteiger partial charge on any atom is 0.317 e. The van der Waals surface area contributed by atoms with Gasteiger partial charge in [-0.1, -0.05) is 6.08 Å². The summed E-state index contributed by atoms with van der Waals surface area (Å²) in [6.07, 6.45) is 6.80. The molecular formula is C16H27N5O. The molecule has 1 saturated heterocycles. The van der Waals surface area contributed by atoms with Crippen LogP contribution < -0.4 is 5.32 Å². The first-order chi connectivity index (χ1) is 10.6. The van der Waals surface area contributed by atoms with Crippen molar-refractivity contribution in [3.8, 4) is 0 Å². The van der Waals surface area contributed by atoms with Gasteiger partial charge in [0.2, 0.25) is 0 Å². The number of aryl methyl sites for hydroxylation is 1. The lowest BCUT2D eigenvalue weighted by molar-refractivity contribution is 0.205. The second-order valence-corrected chi connectivity index (χ2v) is 5.98. The zero-order valence-electron chi connectivity index (χ0n) is 13.7. The molecule has 1 atom stereocenters. The molecule has 0 bridgehead atoms. The second-order valence-electron chi connectivity index (χ2n) is 5.98. The third-order valence-electron chi connectivity index (χ3n) is 4.25. The maximum absolute atomic E-state index is 12.1. The summed E-state index contributed by atoms with van der Waals surface area (Å²) in [5.41, 5.74) is 0.